The largest absolute Gasteiger partial charge is 0.497 e. The molecule has 1 aliphatic rings. The Bertz CT molecular complexity index is 983. The molecule has 1 aliphatic heterocycles. The zero-order valence-electron chi connectivity index (χ0n) is 16.1. The maximum atomic E-state index is 12.9. The first-order chi connectivity index (χ1) is 14.2. The van der Waals surface area contributed by atoms with Gasteiger partial charge in [-0.05, 0) is 35.4 Å². The van der Waals surface area contributed by atoms with E-state index in [2.05, 4.69) is 10.5 Å². The fraction of sp³-hybridized carbons (Fsp3) is 0.217. The number of ether oxygens (including phenoxy) is 1. The highest BCUT2D eigenvalue weighted by molar-refractivity contribution is 5.94. The second-order valence-electron chi connectivity index (χ2n) is 6.85. The molecule has 2 aromatic carbocycles. The molecule has 0 aliphatic carbocycles. The fourth-order valence-electron chi connectivity index (χ4n) is 3.34. The average molecular weight is 390 g/mol. The van der Waals surface area contributed by atoms with Gasteiger partial charge in [0, 0.05) is 12.8 Å². The molecular formula is C23H22N2O4. The SMILES string of the molecule is COc1cccc(CC2=NOC(C(=O)NC(c3ccccc3)c3ccco3)C2)c1. The minimum atomic E-state index is -0.656. The van der Waals surface area contributed by atoms with Gasteiger partial charge in [-0.3, -0.25) is 4.79 Å². The van der Waals surface area contributed by atoms with E-state index in [4.69, 9.17) is 14.0 Å². The van der Waals surface area contributed by atoms with Gasteiger partial charge in [-0.15, -0.1) is 0 Å². The average Bonchev–Trinajstić information content (AvgIpc) is 3.45. The lowest BCUT2D eigenvalue weighted by molar-refractivity contribution is -0.131. The molecule has 1 amide bonds. The Morgan fingerprint density at radius 3 is 2.79 bits per heavy atom. The first-order valence-corrected chi connectivity index (χ1v) is 9.46. The van der Waals surface area contributed by atoms with E-state index in [9.17, 15) is 4.79 Å². The van der Waals surface area contributed by atoms with Crippen LogP contribution in [0.15, 0.2) is 82.6 Å². The maximum absolute atomic E-state index is 12.9. The van der Waals surface area contributed by atoms with Crippen LogP contribution in [0.4, 0.5) is 0 Å². The fourth-order valence-corrected chi connectivity index (χ4v) is 3.34. The number of benzene rings is 2. The number of rotatable bonds is 7. The molecule has 3 aromatic rings. The number of amides is 1. The summed E-state index contributed by atoms with van der Waals surface area (Å²) in [6.07, 6.45) is 2.00. The summed E-state index contributed by atoms with van der Waals surface area (Å²) in [4.78, 5) is 18.3. The third kappa shape index (κ3) is 4.48. The number of carbonyl (C=O) groups is 1. The van der Waals surface area contributed by atoms with Crippen molar-refractivity contribution in [1.29, 1.82) is 0 Å². The predicted octanol–water partition coefficient (Wildman–Crippen LogP) is 3.88. The summed E-state index contributed by atoms with van der Waals surface area (Å²) in [6.45, 7) is 0. The van der Waals surface area contributed by atoms with Crippen LogP contribution in [0, 0.1) is 0 Å². The lowest BCUT2D eigenvalue weighted by Crippen LogP contribution is -2.37. The van der Waals surface area contributed by atoms with Gasteiger partial charge in [0.25, 0.3) is 5.91 Å². The van der Waals surface area contributed by atoms with Crippen molar-refractivity contribution in [3.63, 3.8) is 0 Å². The Kier molecular flexibility index (Phi) is 5.61. The van der Waals surface area contributed by atoms with Crippen LogP contribution in [0.1, 0.15) is 29.3 Å². The van der Waals surface area contributed by atoms with E-state index in [-0.39, 0.29) is 11.9 Å². The molecule has 2 unspecified atom stereocenters. The summed E-state index contributed by atoms with van der Waals surface area (Å²) in [5.41, 5.74) is 2.82. The second-order valence-corrected chi connectivity index (χ2v) is 6.85. The highest BCUT2D eigenvalue weighted by Crippen LogP contribution is 2.24. The van der Waals surface area contributed by atoms with Gasteiger partial charge < -0.3 is 19.3 Å². The number of hydrogen-bond donors (Lipinski definition) is 1. The molecule has 2 atom stereocenters. The van der Waals surface area contributed by atoms with Gasteiger partial charge in [0.2, 0.25) is 6.10 Å². The summed E-state index contributed by atoms with van der Waals surface area (Å²) in [7, 11) is 1.64. The van der Waals surface area contributed by atoms with Gasteiger partial charge in [-0.25, -0.2) is 0 Å². The van der Waals surface area contributed by atoms with Crippen LogP contribution in [-0.4, -0.2) is 24.8 Å². The van der Waals surface area contributed by atoms with E-state index in [1.165, 1.54) is 0 Å². The number of oxime groups is 1. The molecule has 29 heavy (non-hydrogen) atoms. The van der Waals surface area contributed by atoms with Gasteiger partial charge in [-0.2, -0.15) is 0 Å². The van der Waals surface area contributed by atoms with Crippen molar-refractivity contribution in [1.82, 2.24) is 5.32 Å². The standard InChI is InChI=1S/C23H22N2O4/c1-27-19-10-5-7-16(14-19)13-18-15-21(29-25-18)23(26)24-22(20-11-6-12-28-20)17-8-3-2-4-9-17/h2-12,14,21-22H,13,15H2,1H3,(H,24,26). The second kappa shape index (κ2) is 8.65. The Morgan fingerprint density at radius 2 is 2.03 bits per heavy atom. The third-order valence-electron chi connectivity index (χ3n) is 4.81. The summed E-state index contributed by atoms with van der Waals surface area (Å²) in [5.74, 6) is 1.24. The van der Waals surface area contributed by atoms with Crippen LogP contribution < -0.4 is 10.1 Å². The van der Waals surface area contributed by atoms with Gasteiger partial charge in [0.05, 0.1) is 19.1 Å². The predicted molar refractivity (Wildman–Crippen MR) is 109 cm³/mol. The molecule has 0 saturated carbocycles. The van der Waals surface area contributed by atoms with Gasteiger partial charge in [0.1, 0.15) is 17.6 Å². The summed E-state index contributed by atoms with van der Waals surface area (Å²) < 4.78 is 10.8. The molecule has 0 saturated heterocycles. The Hall–Kier alpha value is -3.54. The van der Waals surface area contributed by atoms with E-state index in [1.807, 2.05) is 60.7 Å². The molecule has 6 heteroatoms. The molecule has 1 aromatic heterocycles. The van der Waals surface area contributed by atoms with E-state index < -0.39 is 6.10 Å². The van der Waals surface area contributed by atoms with Crippen molar-refractivity contribution in [2.45, 2.75) is 25.0 Å². The monoisotopic (exact) mass is 390 g/mol. The minimum absolute atomic E-state index is 0.223. The molecule has 0 spiro atoms. The van der Waals surface area contributed by atoms with Crippen LogP contribution in [0.3, 0.4) is 0 Å². The van der Waals surface area contributed by atoms with Crippen molar-refractivity contribution in [3.8, 4) is 5.75 Å². The molecule has 0 bridgehead atoms. The smallest absolute Gasteiger partial charge is 0.265 e. The number of methoxy groups -OCH3 is 1. The zero-order valence-corrected chi connectivity index (χ0v) is 16.1. The topological polar surface area (TPSA) is 73.1 Å². The molecule has 148 valence electrons. The van der Waals surface area contributed by atoms with Crippen molar-refractivity contribution in [2.75, 3.05) is 7.11 Å². The van der Waals surface area contributed by atoms with Crippen LogP contribution in [-0.2, 0) is 16.1 Å². The van der Waals surface area contributed by atoms with Crippen LogP contribution in [0.25, 0.3) is 0 Å². The van der Waals surface area contributed by atoms with Crippen molar-refractivity contribution in [3.05, 3.63) is 89.9 Å². The molecule has 4 rings (SSSR count). The first-order valence-electron chi connectivity index (χ1n) is 9.46. The number of nitrogens with zero attached hydrogens (tertiary/aromatic N) is 1. The minimum Gasteiger partial charge on any atom is -0.497 e. The zero-order chi connectivity index (χ0) is 20.1. The molecule has 0 radical (unpaired) electrons. The highest BCUT2D eigenvalue weighted by Gasteiger charge is 2.31. The van der Waals surface area contributed by atoms with Crippen LogP contribution in [0.5, 0.6) is 5.75 Å². The number of nitrogens with one attached hydrogen (secondary N) is 1. The number of furan rings is 1. The lowest BCUT2D eigenvalue weighted by atomic mass is 10.0. The summed E-state index contributed by atoms with van der Waals surface area (Å²) in [6, 6.07) is 20.7. The normalized spacial score (nSPS) is 16.6. The van der Waals surface area contributed by atoms with Crippen LogP contribution >= 0.6 is 0 Å². The van der Waals surface area contributed by atoms with Gasteiger partial charge in [-0.1, -0.05) is 47.6 Å². The number of carbonyl (C=O) groups excluding carboxylic acids is 1. The quantitative estimate of drug-likeness (QED) is 0.664. The Morgan fingerprint density at radius 1 is 1.17 bits per heavy atom. The Labute approximate surface area is 169 Å². The van der Waals surface area contributed by atoms with E-state index in [0.717, 1.165) is 22.6 Å². The van der Waals surface area contributed by atoms with Gasteiger partial charge in [0.15, 0.2) is 0 Å². The van der Waals surface area contributed by atoms with Gasteiger partial charge >= 0.3 is 0 Å². The highest BCUT2D eigenvalue weighted by atomic mass is 16.6. The summed E-state index contributed by atoms with van der Waals surface area (Å²) in [5, 5.41) is 7.15. The van der Waals surface area contributed by atoms with Crippen molar-refractivity contribution >= 4 is 11.6 Å². The van der Waals surface area contributed by atoms with Crippen LogP contribution in [0.2, 0.25) is 0 Å². The molecule has 1 N–H and O–H groups in total. The Balaban J connectivity index is 1.41. The van der Waals surface area contributed by atoms with Crippen molar-refractivity contribution in [2.24, 2.45) is 5.16 Å². The lowest BCUT2D eigenvalue weighted by Gasteiger charge is -2.19. The third-order valence-corrected chi connectivity index (χ3v) is 4.81. The first kappa shape index (κ1) is 18.8. The van der Waals surface area contributed by atoms with E-state index in [1.54, 1.807) is 19.4 Å². The van der Waals surface area contributed by atoms with E-state index in [0.29, 0.717) is 18.6 Å². The maximum Gasteiger partial charge on any atom is 0.265 e. The van der Waals surface area contributed by atoms with E-state index >= 15 is 0 Å². The summed E-state index contributed by atoms with van der Waals surface area (Å²) >= 11 is 0. The molecule has 2 heterocycles. The molecule has 0 fully saturated rings. The van der Waals surface area contributed by atoms with Crippen molar-refractivity contribution < 1.29 is 18.8 Å². The molecular weight excluding hydrogens is 368 g/mol. The number of hydrogen-bond acceptors (Lipinski definition) is 5. The molecule has 6 nitrogen and oxygen atoms in total.